The molecule has 1 unspecified atom stereocenters. The fourth-order valence-corrected chi connectivity index (χ4v) is 4.81. The smallest absolute Gasteiger partial charge is 0.417 e. The molecule has 1 aliphatic rings. The van der Waals surface area contributed by atoms with E-state index in [1.54, 1.807) is 24.4 Å². The maximum absolute atomic E-state index is 14.1. The lowest BCUT2D eigenvalue weighted by Crippen LogP contribution is -2.33. The summed E-state index contributed by atoms with van der Waals surface area (Å²) in [6.45, 7) is 0.452. The monoisotopic (exact) mass is 455 g/mol. The van der Waals surface area contributed by atoms with Crippen molar-refractivity contribution in [2.75, 3.05) is 0 Å². The summed E-state index contributed by atoms with van der Waals surface area (Å²) in [6.07, 6.45) is 3.32. The van der Waals surface area contributed by atoms with Crippen LogP contribution in [0.3, 0.4) is 0 Å². The van der Waals surface area contributed by atoms with E-state index >= 15 is 0 Å². The van der Waals surface area contributed by atoms with Gasteiger partial charge in [-0.25, -0.2) is 18.7 Å². The molecule has 1 N–H and O–H groups in total. The summed E-state index contributed by atoms with van der Waals surface area (Å²) < 4.78 is 15.3. The Kier molecular flexibility index (Phi) is 5.78. The van der Waals surface area contributed by atoms with E-state index < -0.39 is 11.9 Å². The van der Waals surface area contributed by atoms with Crippen LogP contribution < -0.4 is 0 Å². The highest BCUT2D eigenvalue weighted by atomic mass is 19.1. The van der Waals surface area contributed by atoms with E-state index in [-0.39, 0.29) is 19.1 Å². The molecule has 0 saturated heterocycles. The summed E-state index contributed by atoms with van der Waals surface area (Å²) in [7, 11) is 0. The summed E-state index contributed by atoms with van der Waals surface area (Å²) >= 11 is 0. The van der Waals surface area contributed by atoms with Crippen molar-refractivity contribution in [3.05, 3.63) is 94.8 Å². The molecule has 170 valence electrons. The molecule has 0 saturated carbocycles. The molecule has 5 rings (SSSR count). The van der Waals surface area contributed by atoms with Crippen LogP contribution in [0.4, 0.5) is 9.18 Å². The standard InChI is InChI=1S/C26H22FN5O2/c27-20-11-10-18(14-28)19(13-20)15-31(23-9-3-5-17-6-4-12-29-25(17)23)16-24-30-21-7-1-2-8-22(21)32(24)26(33)34/h1-2,4,6-8,10-13,23H,3,5,9,15-16H2,(H,33,34). The summed E-state index contributed by atoms with van der Waals surface area (Å²) in [5.41, 5.74) is 4.11. The molecule has 8 heteroatoms. The van der Waals surface area contributed by atoms with Crippen molar-refractivity contribution in [2.24, 2.45) is 0 Å². The number of pyridine rings is 1. The van der Waals surface area contributed by atoms with Gasteiger partial charge in [0.1, 0.15) is 11.6 Å². The van der Waals surface area contributed by atoms with Crippen molar-refractivity contribution in [3.63, 3.8) is 0 Å². The zero-order valence-electron chi connectivity index (χ0n) is 18.4. The number of nitriles is 1. The first-order valence-corrected chi connectivity index (χ1v) is 11.1. The van der Waals surface area contributed by atoms with Gasteiger partial charge < -0.3 is 5.11 Å². The van der Waals surface area contributed by atoms with Gasteiger partial charge in [0.15, 0.2) is 0 Å². The maximum Gasteiger partial charge on any atom is 0.417 e. The van der Waals surface area contributed by atoms with Crippen molar-refractivity contribution >= 4 is 17.1 Å². The van der Waals surface area contributed by atoms with Gasteiger partial charge in [0.25, 0.3) is 0 Å². The van der Waals surface area contributed by atoms with Gasteiger partial charge in [-0.15, -0.1) is 0 Å². The van der Waals surface area contributed by atoms with E-state index in [9.17, 15) is 19.6 Å². The third kappa shape index (κ3) is 4.02. The Morgan fingerprint density at radius 2 is 2.06 bits per heavy atom. The zero-order valence-corrected chi connectivity index (χ0v) is 18.4. The lowest BCUT2D eigenvalue weighted by atomic mass is 9.90. The Bertz CT molecular complexity index is 1420. The minimum atomic E-state index is -1.12. The highest BCUT2D eigenvalue weighted by molar-refractivity contribution is 5.86. The predicted molar refractivity (Wildman–Crippen MR) is 123 cm³/mol. The third-order valence-corrected chi connectivity index (χ3v) is 6.33. The Hall–Kier alpha value is -4.09. The Balaban J connectivity index is 1.61. The largest absolute Gasteiger partial charge is 0.464 e. The predicted octanol–water partition coefficient (Wildman–Crippen LogP) is 5.05. The number of hydrogen-bond acceptors (Lipinski definition) is 5. The molecule has 1 aliphatic carbocycles. The van der Waals surface area contributed by atoms with E-state index in [1.165, 1.54) is 22.8 Å². The summed E-state index contributed by atoms with van der Waals surface area (Å²) in [6, 6.07) is 17.2. The van der Waals surface area contributed by atoms with Crippen LogP contribution in [0.2, 0.25) is 0 Å². The van der Waals surface area contributed by atoms with Gasteiger partial charge in [-0.3, -0.25) is 9.88 Å². The van der Waals surface area contributed by atoms with Crippen LogP contribution in [0, 0.1) is 17.1 Å². The first-order chi connectivity index (χ1) is 16.5. The maximum atomic E-state index is 14.1. The second kappa shape index (κ2) is 9.04. The molecule has 4 aromatic rings. The van der Waals surface area contributed by atoms with Crippen molar-refractivity contribution < 1.29 is 14.3 Å². The Labute approximate surface area is 195 Å². The van der Waals surface area contributed by atoms with Crippen molar-refractivity contribution in [2.45, 2.75) is 38.4 Å². The molecule has 2 aromatic heterocycles. The molecule has 0 fully saturated rings. The number of halogens is 1. The van der Waals surface area contributed by atoms with Crippen molar-refractivity contribution in [3.8, 4) is 6.07 Å². The molecule has 0 amide bonds. The fourth-order valence-electron chi connectivity index (χ4n) is 4.81. The molecule has 0 radical (unpaired) electrons. The average molecular weight is 455 g/mol. The Morgan fingerprint density at radius 3 is 2.88 bits per heavy atom. The normalized spacial score (nSPS) is 15.3. The molecule has 34 heavy (non-hydrogen) atoms. The number of para-hydroxylation sites is 2. The number of hydrogen-bond donors (Lipinski definition) is 1. The topological polar surface area (TPSA) is 95.0 Å². The van der Waals surface area contributed by atoms with Crippen molar-refractivity contribution in [1.82, 2.24) is 19.4 Å². The summed E-state index contributed by atoms with van der Waals surface area (Å²) in [4.78, 5) is 23.5. The van der Waals surface area contributed by atoms with Gasteiger partial charge in [-0.05, 0) is 66.8 Å². The molecule has 2 aromatic carbocycles. The minimum absolute atomic E-state index is 0.123. The van der Waals surface area contributed by atoms with Gasteiger partial charge in [0, 0.05) is 12.7 Å². The number of carboxylic acid groups (broad SMARTS) is 1. The molecular formula is C26H22FN5O2. The van der Waals surface area contributed by atoms with Gasteiger partial charge in [-0.2, -0.15) is 5.26 Å². The second-order valence-electron chi connectivity index (χ2n) is 8.41. The number of aromatic nitrogens is 3. The molecular weight excluding hydrogens is 433 g/mol. The van der Waals surface area contributed by atoms with Gasteiger partial charge >= 0.3 is 6.09 Å². The highest BCUT2D eigenvalue weighted by Gasteiger charge is 2.30. The average Bonchev–Trinajstić information content (AvgIpc) is 3.21. The van der Waals surface area contributed by atoms with Crippen LogP contribution in [0.15, 0.2) is 60.8 Å². The number of imidazole rings is 1. The van der Waals surface area contributed by atoms with Crippen LogP contribution in [0.25, 0.3) is 11.0 Å². The molecule has 0 bridgehead atoms. The van der Waals surface area contributed by atoms with E-state index in [0.717, 1.165) is 30.5 Å². The molecule has 0 spiro atoms. The second-order valence-corrected chi connectivity index (χ2v) is 8.41. The van der Waals surface area contributed by atoms with Crippen LogP contribution in [0.5, 0.6) is 0 Å². The molecule has 2 heterocycles. The third-order valence-electron chi connectivity index (χ3n) is 6.33. The summed E-state index contributed by atoms with van der Waals surface area (Å²) in [5, 5.41) is 19.5. The van der Waals surface area contributed by atoms with Crippen LogP contribution >= 0.6 is 0 Å². The number of benzene rings is 2. The number of rotatable bonds is 5. The first kappa shape index (κ1) is 21.7. The van der Waals surface area contributed by atoms with Crippen LogP contribution in [-0.4, -0.2) is 30.6 Å². The highest BCUT2D eigenvalue weighted by Crippen LogP contribution is 2.35. The van der Waals surface area contributed by atoms with Gasteiger partial charge in [0.2, 0.25) is 0 Å². The van der Waals surface area contributed by atoms with E-state index in [4.69, 9.17) is 0 Å². The van der Waals surface area contributed by atoms with E-state index in [2.05, 4.69) is 27.0 Å². The van der Waals surface area contributed by atoms with Gasteiger partial charge in [0.05, 0.1) is 40.9 Å². The fraction of sp³-hybridized carbons (Fsp3) is 0.231. The number of aryl methyl sites for hydroxylation is 1. The SMILES string of the molecule is N#Cc1ccc(F)cc1CN(Cc1nc2ccccc2n1C(=O)O)C1CCCc2cccnc21. The molecule has 1 atom stereocenters. The van der Waals surface area contributed by atoms with Crippen LogP contribution in [0.1, 0.15) is 47.1 Å². The first-order valence-electron chi connectivity index (χ1n) is 11.1. The minimum Gasteiger partial charge on any atom is -0.464 e. The Morgan fingerprint density at radius 1 is 1.21 bits per heavy atom. The lowest BCUT2D eigenvalue weighted by Gasteiger charge is -2.35. The van der Waals surface area contributed by atoms with Crippen molar-refractivity contribution in [1.29, 1.82) is 5.26 Å². The number of carbonyl (C=O) groups is 1. The van der Waals surface area contributed by atoms with Crippen LogP contribution in [-0.2, 0) is 19.5 Å². The molecule has 7 nitrogen and oxygen atoms in total. The van der Waals surface area contributed by atoms with E-state index in [1.807, 2.05) is 12.1 Å². The number of fused-ring (bicyclic) bond motifs is 2. The quantitative estimate of drug-likeness (QED) is 0.453. The lowest BCUT2D eigenvalue weighted by molar-refractivity contribution is 0.149. The van der Waals surface area contributed by atoms with Gasteiger partial charge in [-0.1, -0.05) is 18.2 Å². The molecule has 0 aliphatic heterocycles. The number of nitrogens with zero attached hydrogens (tertiary/aromatic N) is 5. The summed E-state index contributed by atoms with van der Waals surface area (Å²) in [5.74, 6) is -0.0550. The van der Waals surface area contributed by atoms with E-state index in [0.29, 0.717) is 28.0 Å². The zero-order chi connectivity index (χ0) is 23.7.